The van der Waals surface area contributed by atoms with Gasteiger partial charge in [0.2, 0.25) is 0 Å². The maximum atomic E-state index is 13.1. The SMILES string of the molecule is Cn1ccnc1SC1CCC(NC(=O)NCc2cccc(F)c2)CC1. The molecule has 1 saturated carbocycles. The van der Waals surface area contributed by atoms with Crippen molar-refractivity contribution in [1.29, 1.82) is 0 Å². The van der Waals surface area contributed by atoms with E-state index in [4.69, 9.17) is 0 Å². The molecule has 1 aliphatic rings. The Bertz CT molecular complexity index is 713. The summed E-state index contributed by atoms with van der Waals surface area (Å²) >= 11 is 1.82. The fourth-order valence-corrected chi connectivity index (χ4v) is 4.16. The average molecular weight is 362 g/mol. The van der Waals surface area contributed by atoms with E-state index < -0.39 is 0 Å². The fourth-order valence-electron chi connectivity index (χ4n) is 3.01. The summed E-state index contributed by atoms with van der Waals surface area (Å²) in [6, 6.07) is 6.27. The highest BCUT2D eigenvalue weighted by atomic mass is 32.2. The summed E-state index contributed by atoms with van der Waals surface area (Å²) in [4.78, 5) is 16.4. The van der Waals surface area contributed by atoms with Crippen LogP contribution in [-0.4, -0.2) is 26.9 Å². The highest BCUT2D eigenvalue weighted by Crippen LogP contribution is 2.32. The van der Waals surface area contributed by atoms with Gasteiger partial charge in [0.15, 0.2) is 5.16 Å². The van der Waals surface area contributed by atoms with Crippen LogP contribution in [-0.2, 0) is 13.6 Å². The predicted octanol–water partition coefficient (Wildman–Crippen LogP) is 3.46. The number of carbonyl (C=O) groups is 1. The van der Waals surface area contributed by atoms with Gasteiger partial charge in [-0.15, -0.1) is 0 Å². The van der Waals surface area contributed by atoms with E-state index in [1.807, 2.05) is 35.8 Å². The summed E-state index contributed by atoms with van der Waals surface area (Å²) < 4.78 is 15.2. The fraction of sp³-hybridized carbons (Fsp3) is 0.444. The maximum absolute atomic E-state index is 13.1. The van der Waals surface area contributed by atoms with Crippen molar-refractivity contribution in [3.63, 3.8) is 0 Å². The molecule has 25 heavy (non-hydrogen) atoms. The Balaban J connectivity index is 1.38. The predicted molar refractivity (Wildman–Crippen MR) is 96.9 cm³/mol. The maximum Gasteiger partial charge on any atom is 0.315 e. The molecule has 1 aromatic heterocycles. The normalized spacial score (nSPS) is 20.2. The number of imidazole rings is 1. The molecule has 5 nitrogen and oxygen atoms in total. The summed E-state index contributed by atoms with van der Waals surface area (Å²) in [5.41, 5.74) is 0.755. The van der Waals surface area contributed by atoms with E-state index in [1.165, 1.54) is 12.1 Å². The number of benzene rings is 1. The number of amides is 2. The Morgan fingerprint density at radius 3 is 2.84 bits per heavy atom. The van der Waals surface area contributed by atoms with Gasteiger partial charge in [0.25, 0.3) is 0 Å². The smallest absolute Gasteiger partial charge is 0.315 e. The molecule has 0 atom stereocenters. The number of nitrogens with one attached hydrogen (secondary N) is 2. The number of carbonyl (C=O) groups excluding carboxylic acids is 1. The van der Waals surface area contributed by atoms with Gasteiger partial charge in [0.1, 0.15) is 5.82 Å². The summed E-state index contributed by atoms with van der Waals surface area (Å²) in [6.45, 7) is 0.327. The number of hydrogen-bond donors (Lipinski definition) is 2. The number of aromatic nitrogens is 2. The van der Waals surface area contributed by atoms with Gasteiger partial charge in [-0.1, -0.05) is 23.9 Å². The highest BCUT2D eigenvalue weighted by molar-refractivity contribution is 7.99. The standard InChI is InChI=1S/C18H23FN4OS/c1-23-10-9-20-18(23)25-16-7-5-15(6-8-16)22-17(24)21-12-13-3-2-4-14(19)11-13/h2-4,9-11,15-16H,5-8,12H2,1H3,(H2,21,22,24). The lowest BCUT2D eigenvalue weighted by atomic mass is 9.95. The number of nitrogens with zero attached hydrogens (tertiary/aromatic N) is 2. The van der Waals surface area contributed by atoms with E-state index in [2.05, 4.69) is 15.6 Å². The second-order valence-corrected chi connectivity index (χ2v) is 7.64. The van der Waals surface area contributed by atoms with Crippen LogP contribution in [0.2, 0.25) is 0 Å². The quantitative estimate of drug-likeness (QED) is 0.856. The lowest BCUT2D eigenvalue weighted by molar-refractivity contribution is 0.232. The topological polar surface area (TPSA) is 59.0 Å². The van der Waals surface area contributed by atoms with E-state index in [-0.39, 0.29) is 17.9 Å². The number of hydrogen-bond acceptors (Lipinski definition) is 3. The minimum Gasteiger partial charge on any atom is -0.335 e. The van der Waals surface area contributed by atoms with E-state index in [1.54, 1.807) is 12.1 Å². The lowest BCUT2D eigenvalue weighted by Crippen LogP contribution is -2.43. The molecule has 0 saturated heterocycles. The van der Waals surface area contributed by atoms with Crippen molar-refractivity contribution < 1.29 is 9.18 Å². The van der Waals surface area contributed by atoms with Crippen molar-refractivity contribution in [2.45, 2.75) is 48.7 Å². The Hall–Kier alpha value is -2.02. The second-order valence-electron chi connectivity index (χ2n) is 6.37. The van der Waals surface area contributed by atoms with Crippen molar-refractivity contribution in [2.24, 2.45) is 7.05 Å². The van der Waals surface area contributed by atoms with Crippen LogP contribution in [0.15, 0.2) is 41.8 Å². The molecule has 0 aliphatic heterocycles. The minimum atomic E-state index is -0.289. The molecule has 3 rings (SSSR count). The molecule has 0 unspecified atom stereocenters. The molecule has 0 bridgehead atoms. The molecule has 2 amide bonds. The van der Waals surface area contributed by atoms with Gasteiger partial charge in [-0.05, 0) is 43.4 Å². The van der Waals surface area contributed by atoms with Crippen molar-refractivity contribution in [2.75, 3.05) is 0 Å². The van der Waals surface area contributed by atoms with E-state index in [0.717, 1.165) is 36.4 Å². The molecule has 1 aromatic carbocycles. The Morgan fingerprint density at radius 1 is 1.36 bits per heavy atom. The first-order chi connectivity index (χ1) is 12.1. The Kier molecular flexibility index (Phi) is 5.96. The number of urea groups is 1. The van der Waals surface area contributed by atoms with Crippen LogP contribution in [0.4, 0.5) is 9.18 Å². The van der Waals surface area contributed by atoms with Crippen LogP contribution < -0.4 is 10.6 Å². The molecular formula is C18H23FN4OS. The molecule has 1 fully saturated rings. The molecule has 1 heterocycles. The Labute approximate surface area is 151 Å². The van der Waals surface area contributed by atoms with Crippen LogP contribution in [0, 0.1) is 5.82 Å². The van der Waals surface area contributed by atoms with Crippen molar-refractivity contribution in [1.82, 2.24) is 20.2 Å². The first kappa shape index (κ1) is 17.8. The van der Waals surface area contributed by atoms with Crippen LogP contribution >= 0.6 is 11.8 Å². The molecular weight excluding hydrogens is 339 g/mol. The van der Waals surface area contributed by atoms with Crippen LogP contribution in [0.25, 0.3) is 0 Å². The monoisotopic (exact) mass is 362 g/mol. The lowest BCUT2D eigenvalue weighted by Gasteiger charge is -2.28. The molecule has 2 N–H and O–H groups in total. The van der Waals surface area contributed by atoms with E-state index in [0.29, 0.717) is 11.8 Å². The van der Waals surface area contributed by atoms with Gasteiger partial charge in [0, 0.05) is 37.3 Å². The number of thioether (sulfide) groups is 1. The summed E-state index contributed by atoms with van der Waals surface area (Å²) in [5, 5.41) is 7.41. The first-order valence-corrected chi connectivity index (χ1v) is 9.41. The van der Waals surface area contributed by atoms with Crippen LogP contribution in [0.5, 0.6) is 0 Å². The van der Waals surface area contributed by atoms with Crippen molar-refractivity contribution in [3.8, 4) is 0 Å². The summed E-state index contributed by atoms with van der Waals surface area (Å²) in [7, 11) is 2.01. The van der Waals surface area contributed by atoms with Gasteiger partial charge in [-0.3, -0.25) is 0 Å². The van der Waals surface area contributed by atoms with Gasteiger partial charge in [-0.2, -0.15) is 0 Å². The van der Waals surface area contributed by atoms with E-state index >= 15 is 0 Å². The number of rotatable bonds is 5. The van der Waals surface area contributed by atoms with Gasteiger partial charge in [0.05, 0.1) is 0 Å². The third kappa shape index (κ3) is 5.22. The number of aryl methyl sites for hydroxylation is 1. The zero-order chi connectivity index (χ0) is 17.6. The summed E-state index contributed by atoms with van der Waals surface area (Å²) in [6.07, 6.45) is 7.83. The zero-order valence-corrected chi connectivity index (χ0v) is 15.1. The first-order valence-electron chi connectivity index (χ1n) is 8.53. The molecule has 1 aliphatic carbocycles. The third-order valence-corrected chi connectivity index (χ3v) is 5.81. The average Bonchev–Trinajstić information content (AvgIpc) is 3.00. The van der Waals surface area contributed by atoms with Crippen LogP contribution in [0.1, 0.15) is 31.2 Å². The largest absolute Gasteiger partial charge is 0.335 e. The molecule has 0 radical (unpaired) electrons. The second kappa shape index (κ2) is 8.38. The zero-order valence-electron chi connectivity index (χ0n) is 14.2. The van der Waals surface area contributed by atoms with Crippen molar-refractivity contribution in [3.05, 3.63) is 48.0 Å². The number of halogens is 1. The third-order valence-electron chi connectivity index (χ3n) is 4.40. The molecule has 134 valence electrons. The molecule has 0 spiro atoms. The van der Waals surface area contributed by atoms with Crippen molar-refractivity contribution >= 4 is 17.8 Å². The molecule has 2 aromatic rings. The highest BCUT2D eigenvalue weighted by Gasteiger charge is 2.24. The van der Waals surface area contributed by atoms with Gasteiger partial charge < -0.3 is 15.2 Å². The minimum absolute atomic E-state index is 0.190. The van der Waals surface area contributed by atoms with E-state index in [9.17, 15) is 9.18 Å². The van der Waals surface area contributed by atoms with Crippen LogP contribution in [0.3, 0.4) is 0 Å². The Morgan fingerprint density at radius 2 is 2.16 bits per heavy atom. The van der Waals surface area contributed by atoms with Gasteiger partial charge >= 0.3 is 6.03 Å². The summed E-state index contributed by atoms with van der Waals surface area (Å²) in [5.74, 6) is -0.289. The van der Waals surface area contributed by atoms with Gasteiger partial charge in [-0.25, -0.2) is 14.2 Å². The molecule has 7 heteroatoms.